The molecule has 0 spiro atoms. The van der Waals surface area contributed by atoms with Gasteiger partial charge in [0.2, 0.25) is 11.8 Å². The molecule has 2 aliphatic rings. The summed E-state index contributed by atoms with van der Waals surface area (Å²) in [6.45, 7) is 6.22. The maximum absolute atomic E-state index is 13.0. The monoisotopic (exact) mass is 518 g/mol. The van der Waals surface area contributed by atoms with E-state index >= 15 is 0 Å². The number of amides is 3. The third-order valence-electron chi connectivity index (χ3n) is 6.75. The van der Waals surface area contributed by atoms with Crippen LogP contribution in [0.15, 0.2) is 0 Å². The Morgan fingerprint density at radius 2 is 1.83 bits per heavy atom. The molecule has 4 N–H and O–H groups in total. The standard InChI is InChI=1S/C23H41N3O8S/c1-4-5-15-6-8-17(9-7-15)34-23(30)26-18(12-14(2)3)21(28)25-19(22(29)35(31,32)33)13-16-10-11-24-20(16)27/h14-19,22,29H,4-13H2,1-3H3,(H,24,27)(H,25,28)(H,26,30)(H,31,32,33)/p-1/t15?,16?,17?,18-,19-,22?/m1/s1. The maximum Gasteiger partial charge on any atom is 0.408 e. The highest BCUT2D eigenvalue weighted by Crippen LogP contribution is 2.29. The number of nitrogens with one attached hydrogen (secondary N) is 3. The number of hydrogen-bond donors (Lipinski definition) is 4. The van der Waals surface area contributed by atoms with Gasteiger partial charge >= 0.3 is 6.09 Å². The normalized spacial score (nSPS) is 25.4. The Hall–Kier alpha value is -1.92. The molecule has 1 saturated heterocycles. The molecule has 0 aromatic heterocycles. The van der Waals surface area contributed by atoms with Crippen LogP contribution in [0.4, 0.5) is 4.79 Å². The lowest BCUT2D eigenvalue weighted by Gasteiger charge is -2.31. The molecule has 0 radical (unpaired) electrons. The number of aliphatic hydroxyl groups excluding tert-OH is 1. The third-order valence-corrected chi connectivity index (χ3v) is 7.67. The van der Waals surface area contributed by atoms with Crippen molar-refractivity contribution in [2.75, 3.05) is 6.54 Å². The van der Waals surface area contributed by atoms with Crippen LogP contribution in [-0.4, -0.2) is 66.2 Å². The van der Waals surface area contributed by atoms with E-state index in [4.69, 9.17) is 4.74 Å². The summed E-state index contributed by atoms with van der Waals surface area (Å²) in [4.78, 5) is 37.5. The Morgan fingerprint density at radius 1 is 1.17 bits per heavy atom. The topological polar surface area (TPSA) is 174 Å². The molecule has 11 nitrogen and oxygen atoms in total. The summed E-state index contributed by atoms with van der Waals surface area (Å²) >= 11 is 0. The summed E-state index contributed by atoms with van der Waals surface area (Å²) in [5.41, 5.74) is -2.43. The van der Waals surface area contributed by atoms with Crippen LogP contribution in [0.1, 0.15) is 78.6 Å². The lowest BCUT2D eigenvalue weighted by molar-refractivity contribution is -0.126. The van der Waals surface area contributed by atoms with Crippen LogP contribution in [0.25, 0.3) is 0 Å². The van der Waals surface area contributed by atoms with Gasteiger partial charge in [0.1, 0.15) is 22.3 Å². The highest BCUT2D eigenvalue weighted by atomic mass is 32.2. The fraction of sp³-hybridized carbons (Fsp3) is 0.870. The fourth-order valence-electron chi connectivity index (χ4n) is 4.88. The number of hydrogen-bond acceptors (Lipinski definition) is 8. The third kappa shape index (κ3) is 9.57. The summed E-state index contributed by atoms with van der Waals surface area (Å²) in [5.74, 6) is -1.11. The van der Waals surface area contributed by atoms with Crippen LogP contribution >= 0.6 is 0 Å². The van der Waals surface area contributed by atoms with Crippen molar-refractivity contribution < 1.29 is 37.2 Å². The average molecular weight is 519 g/mol. The van der Waals surface area contributed by atoms with Crippen LogP contribution in [-0.2, 0) is 24.4 Å². The molecule has 1 aliphatic heterocycles. The second-order valence-corrected chi connectivity index (χ2v) is 11.6. The first-order valence-electron chi connectivity index (χ1n) is 12.6. The van der Waals surface area contributed by atoms with Crippen molar-refractivity contribution in [3.05, 3.63) is 0 Å². The fourth-order valence-corrected chi connectivity index (χ4v) is 5.47. The molecule has 12 heteroatoms. The molecule has 4 atom stereocenters. The number of ether oxygens (including phenoxy) is 1. The van der Waals surface area contributed by atoms with Crippen LogP contribution in [0, 0.1) is 17.8 Å². The first-order chi connectivity index (χ1) is 16.4. The maximum atomic E-state index is 13.0. The molecule has 202 valence electrons. The zero-order valence-electron chi connectivity index (χ0n) is 20.8. The lowest BCUT2D eigenvalue weighted by atomic mass is 9.85. The molecule has 1 aliphatic carbocycles. The SMILES string of the molecule is CCCC1CCC(OC(=O)N[C@H](CC(C)C)C(=O)N[C@H](CC2CCNC2=O)C(O)S(=O)(=O)[O-])CC1. The smallest absolute Gasteiger partial charge is 0.408 e. The van der Waals surface area contributed by atoms with E-state index in [1.54, 1.807) is 0 Å². The number of carbonyl (C=O) groups excluding carboxylic acids is 3. The number of aliphatic hydroxyl groups is 1. The van der Waals surface area contributed by atoms with Crippen molar-refractivity contribution in [2.24, 2.45) is 17.8 Å². The predicted molar refractivity (Wildman–Crippen MR) is 127 cm³/mol. The molecular formula is C23H40N3O8S-. The summed E-state index contributed by atoms with van der Waals surface area (Å²) in [7, 11) is -5.16. The molecule has 0 bridgehead atoms. The van der Waals surface area contributed by atoms with Gasteiger partial charge in [0.25, 0.3) is 0 Å². The second kappa shape index (κ2) is 13.4. The number of carbonyl (C=O) groups is 3. The van der Waals surface area contributed by atoms with Gasteiger partial charge in [-0.15, -0.1) is 0 Å². The van der Waals surface area contributed by atoms with Gasteiger partial charge in [0.15, 0.2) is 5.44 Å². The molecule has 1 heterocycles. The molecule has 2 fully saturated rings. The van der Waals surface area contributed by atoms with E-state index in [9.17, 15) is 32.5 Å². The van der Waals surface area contributed by atoms with Gasteiger partial charge < -0.3 is 30.3 Å². The molecule has 35 heavy (non-hydrogen) atoms. The molecule has 3 amide bonds. The van der Waals surface area contributed by atoms with Crippen LogP contribution in [0.2, 0.25) is 0 Å². The summed E-state index contributed by atoms with van der Waals surface area (Å²) in [6.07, 6.45) is 5.19. The minimum absolute atomic E-state index is 0.0113. The van der Waals surface area contributed by atoms with E-state index in [2.05, 4.69) is 22.9 Å². The van der Waals surface area contributed by atoms with Gasteiger partial charge in [-0.2, -0.15) is 0 Å². The van der Waals surface area contributed by atoms with Crippen LogP contribution < -0.4 is 16.0 Å². The highest BCUT2D eigenvalue weighted by molar-refractivity contribution is 7.86. The van der Waals surface area contributed by atoms with Gasteiger partial charge in [-0.3, -0.25) is 9.59 Å². The van der Waals surface area contributed by atoms with E-state index in [1.165, 1.54) is 0 Å². The van der Waals surface area contributed by atoms with E-state index in [1.807, 2.05) is 13.8 Å². The Labute approximate surface area is 207 Å². The number of alkyl carbamates (subject to hydrolysis) is 1. The predicted octanol–water partition coefficient (Wildman–Crippen LogP) is 1.36. The largest absolute Gasteiger partial charge is 0.746 e. The van der Waals surface area contributed by atoms with Gasteiger partial charge in [-0.25, -0.2) is 13.2 Å². The minimum Gasteiger partial charge on any atom is -0.746 e. The zero-order valence-corrected chi connectivity index (χ0v) is 21.6. The Kier molecular flexibility index (Phi) is 11.2. The van der Waals surface area contributed by atoms with Crippen molar-refractivity contribution in [3.8, 4) is 0 Å². The van der Waals surface area contributed by atoms with E-state index in [0.29, 0.717) is 18.9 Å². The van der Waals surface area contributed by atoms with Gasteiger partial charge in [-0.1, -0.05) is 33.6 Å². The quantitative estimate of drug-likeness (QED) is 0.280. The highest BCUT2D eigenvalue weighted by Gasteiger charge is 2.36. The molecule has 2 unspecified atom stereocenters. The Balaban J connectivity index is 2.03. The van der Waals surface area contributed by atoms with Crippen molar-refractivity contribution in [1.29, 1.82) is 0 Å². The van der Waals surface area contributed by atoms with Crippen molar-refractivity contribution in [3.63, 3.8) is 0 Å². The van der Waals surface area contributed by atoms with Crippen molar-refractivity contribution in [1.82, 2.24) is 16.0 Å². The molecule has 0 aromatic rings. The molecular weight excluding hydrogens is 478 g/mol. The average Bonchev–Trinajstić information content (AvgIpc) is 3.17. The van der Waals surface area contributed by atoms with E-state index in [0.717, 1.165) is 38.5 Å². The number of rotatable bonds is 12. The van der Waals surface area contributed by atoms with Crippen LogP contribution in [0.3, 0.4) is 0 Å². The second-order valence-electron chi connectivity index (χ2n) is 10.2. The zero-order chi connectivity index (χ0) is 26.2. The van der Waals surface area contributed by atoms with Crippen molar-refractivity contribution in [2.45, 2.75) is 102 Å². The summed E-state index contributed by atoms with van der Waals surface area (Å²) in [6, 6.07) is -2.57. The van der Waals surface area contributed by atoms with Gasteiger partial charge in [0, 0.05) is 12.5 Å². The first kappa shape index (κ1) is 29.3. The summed E-state index contributed by atoms with van der Waals surface area (Å²) < 4.78 is 39.9. The minimum atomic E-state index is -5.16. The van der Waals surface area contributed by atoms with Crippen LogP contribution in [0.5, 0.6) is 0 Å². The van der Waals surface area contributed by atoms with Gasteiger partial charge in [-0.05, 0) is 56.8 Å². The Bertz CT molecular complexity index is 827. The van der Waals surface area contributed by atoms with E-state index < -0.39 is 45.6 Å². The van der Waals surface area contributed by atoms with Gasteiger partial charge in [0.05, 0.1) is 6.04 Å². The van der Waals surface area contributed by atoms with E-state index in [-0.39, 0.29) is 30.8 Å². The lowest BCUT2D eigenvalue weighted by Crippen LogP contribution is -2.55. The van der Waals surface area contributed by atoms with Crippen molar-refractivity contribution >= 4 is 28.0 Å². The summed E-state index contributed by atoms with van der Waals surface area (Å²) in [5, 5.41) is 17.6. The Morgan fingerprint density at radius 3 is 2.34 bits per heavy atom. The molecule has 0 aromatic carbocycles. The molecule has 1 saturated carbocycles. The molecule has 2 rings (SSSR count). The first-order valence-corrected chi connectivity index (χ1v) is 14.1.